The minimum Gasteiger partial charge on any atom is -0.489 e. The molecule has 16 heteroatoms. The van der Waals surface area contributed by atoms with E-state index in [2.05, 4.69) is 19.8 Å². The fourth-order valence-electron chi connectivity index (χ4n) is 9.55. The number of Topliss-reactive ketones (excluding diaryl/α,β-unsaturated/α-hetero) is 2. The maximum atomic E-state index is 12.3. The number of nitrogens with zero attached hydrogens (tertiary/aromatic N) is 4. The number of carbonyl (C=O) groups excluding carboxylic acids is 2. The fourth-order valence-corrected chi connectivity index (χ4v) is 10.0. The minimum absolute atomic E-state index is 0.233. The first-order chi connectivity index (χ1) is 36.1. The fraction of sp³-hybridized carbons (Fsp3) is 0.448. The van der Waals surface area contributed by atoms with Gasteiger partial charge in [0.25, 0.3) is 0 Å². The zero-order chi connectivity index (χ0) is 51.0. The number of ether oxygens (including phenoxy) is 8. The highest BCUT2D eigenvalue weighted by Crippen LogP contribution is 2.50. The maximum Gasteiger partial charge on any atom is 0.204 e. The predicted molar refractivity (Wildman–Crippen MR) is 285 cm³/mol. The first-order valence-electron chi connectivity index (χ1n) is 26.1. The van der Waals surface area contributed by atoms with Gasteiger partial charge in [-0.25, -0.2) is 0 Å². The molecular formula is C58H64Cl2N4O10. The van der Waals surface area contributed by atoms with Crippen LogP contribution in [0.25, 0.3) is 21.8 Å². The van der Waals surface area contributed by atoms with E-state index >= 15 is 0 Å². The van der Waals surface area contributed by atoms with Crippen molar-refractivity contribution < 1.29 is 47.5 Å². The van der Waals surface area contributed by atoms with Crippen LogP contribution < -0.4 is 37.9 Å². The summed E-state index contributed by atoms with van der Waals surface area (Å²) >= 11 is 13.1. The summed E-state index contributed by atoms with van der Waals surface area (Å²) in [7, 11) is 4.07. The number of benzene rings is 4. The van der Waals surface area contributed by atoms with Gasteiger partial charge in [0.15, 0.2) is 23.0 Å². The van der Waals surface area contributed by atoms with Crippen molar-refractivity contribution in [2.75, 3.05) is 79.9 Å². The molecule has 3 aliphatic heterocycles. The third-order valence-corrected chi connectivity index (χ3v) is 14.4. The van der Waals surface area contributed by atoms with Crippen LogP contribution in [0.2, 0.25) is 10.0 Å². The second-order valence-corrected chi connectivity index (χ2v) is 20.9. The van der Waals surface area contributed by atoms with Gasteiger partial charge >= 0.3 is 0 Å². The Labute approximate surface area is 442 Å². The van der Waals surface area contributed by atoms with Gasteiger partial charge in [-0.15, -0.1) is 0 Å². The minimum atomic E-state index is 0.233. The Morgan fingerprint density at radius 1 is 0.608 bits per heavy atom. The SMILES string of the molecule is CN(C)CCCOc1cc2nccc(Oc3ccc(CC(=O)CC4CC4)c(Cl)c3)c2c2c1OCCO2.O=C(Cc1ccc(Oc2ccnc3cc(OCCCN4CCCC4)c4c(c23)OCCO4)cc1Cl)CC1CC1. The molecule has 1 saturated heterocycles. The van der Waals surface area contributed by atoms with Crippen LogP contribution in [0.4, 0.5) is 0 Å². The van der Waals surface area contributed by atoms with Crippen molar-refractivity contribution in [3.63, 3.8) is 0 Å². The lowest BCUT2D eigenvalue weighted by molar-refractivity contribution is -0.119. The van der Waals surface area contributed by atoms with Crippen molar-refractivity contribution in [3.05, 3.63) is 94.2 Å². The number of halogens is 2. The molecular weight excluding hydrogens is 984 g/mol. The third-order valence-electron chi connectivity index (χ3n) is 13.7. The molecule has 14 nitrogen and oxygen atoms in total. The summed E-state index contributed by atoms with van der Waals surface area (Å²) in [4.78, 5) is 38.3. The molecule has 11 rings (SSSR count). The molecule has 2 saturated carbocycles. The number of hydrogen-bond acceptors (Lipinski definition) is 14. The van der Waals surface area contributed by atoms with Gasteiger partial charge in [0.2, 0.25) is 11.5 Å². The second-order valence-electron chi connectivity index (χ2n) is 20.1. The molecule has 4 aromatic carbocycles. The van der Waals surface area contributed by atoms with Crippen LogP contribution in [0, 0.1) is 11.8 Å². The number of rotatable bonds is 22. The van der Waals surface area contributed by atoms with E-state index in [1.807, 2.05) is 50.5 Å². The summed E-state index contributed by atoms with van der Waals surface area (Å²) in [6.07, 6.45) is 14.5. The summed E-state index contributed by atoms with van der Waals surface area (Å²) in [5, 5.41) is 2.49. The quantitative estimate of drug-likeness (QED) is 0.0596. The molecule has 0 N–H and O–H groups in total. The van der Waals surface area contributed by atoms with E-state index in [0.717, 1.165) is 68.1 Å². The lowest BCUT2D eigenvalue weighted by Crippen LogP contribution is -2.22. The highest BCUT2D eigenvalue weighted by molar-refractivity contribution is 6.32. The molecule has 0 bridgehead atoms. The zero-order valence-electron chi connectivity index (χ0n) is 42.3. The van der Waals surface area contributed by atoms with E-state index < -0.39 is 0 Å². The third kappa shape index (κ3) is 13.2. The summed E-state index contributed by atoms with van der Waals surface area (Å²) in [5.74, 6) is 7.49. The van der Waals surface area contributed by atoms with Gasteiger partial charge in [0, 0.05) is 73.3 Å². The van der Waals surface area contributed by atoms with Gasteiger partial charge in [-0.3, -0.25) is 19.6 Å². The van der Waals surface area contributed by atoms with Crippen LogP contribution in [-0.4, -0.2) is 111 Å². The molecule has 0 atom stereocenters. The normalized spacial score (nSPS) is 16.0. The van der Waals surface area contributed by atoms with Gasteiger partial charge in [-0.1, -0.05) is 35.3 Å². The Bertz CT molecular complexity index is 2980. The number of carbonyl (C=O) groups is 2. The van der Waals surface area contributed by atoms with E-state index in [1.54, 1.807) is 36.7 Å². The molecule has 0 amide bonds. The van der Waals surface area contributed by atoms with E-state index in [9.17, 15) is 9.59 Å². The molecule has 390 valence electrons. The van der Waals surface area contributed by atoms with Crippen LogP contribution in [0.3, 0.4) is 0 Å². The zero-order valence-corrected chi connectivity index (χ0v) is 43.8. The van der Waals surface area contributed by atoms with Crippen LogP contribution in [0.5, 0.6) is 57.5 Å². The van der Waals surface area contributed by atoms with Crippen molar-refractivity contribution in [2.24, 2.45) is 11.8 Å². The van der Waals surface area contributed by atoms with E-state index in [4.69, 9.17) is 61.1 Å². The lowest BCUT2D eigenvalue weighted by atomic mass is 10.0. The van der Waals surface area contributed by atoms with Crippen LogP contribution in [0.1, 0.15) is 75.3 Å². The van der Waals surface area contributed by atoms with Gasteiger partial charge in [0.05, 0.1) is 35.0 Å². The van der Waals surface area contributed by atoms with Gasteiger partial charge in [0.1, 0.15) is 61.0 Å². The molecule has 5 aliphatic rings. The monoisotopic (exact) mass is 1050 g/mol. The van der Waals surface area contributed by atoms with Crippen molar-refractivity contribution in [3.8, 4) is 57.5 Å². The topological polar surface area (TPSA) is 140 Å². The molecule has 74 heavy (non-hydrogen) atoms. The summed E-state index contributed by atoms with van der Waals surface area (Å²) in [6.45, 7) is 7.25. The number of aromatic nitrogens is 2. The molecule has 2 aromatic heterocycles. The number of fused-ring (bicyclic) bond motifs is 6. The van der Waals surface area contributed by atoms with Crippen molar-refractivity contribution >= 4 is 56.6 Å². The lowest BCUT2D eigenvalue weighted by Gasteiger charge is -2.24. The van der Waals surface area contributed by atoms with E-state index in [-0.39, 0.29) is 11.6 Å². The van der Waals surface area contributed by atoms with Gasteiger partial charge < -0.3 is 47.7 Å². The average molecular weight is 1050 g/mol. The Hall–Kier alpha value is -6.06. The predicted octanol–water partition coefficient (Wildman–Crippen LogP) is 11.9. The Balaban J connectivity index is 0.000000170. The molecule has 0 radical (unpaired) electrons. The van der Waals surface area contributed by atoms with E-state index in [1.165, 1.54) is 25.9 Å². The number of pyridine rings is 2. The van der Waals surface area contributed by atoms with Crippen LogP contribution in [0.15, 0.2) is 73.1 Å². The average Bonchev–Trinajstić information content (AvgIpc) is 4.34. The second kappa shape index (κ2) is 24.1. The molecule has 3 fully saturated rings. The van der Waals surface area contributed by atoms with Crippen LogP contribution in [-0.2, 0) is 22.4 Å². The summed E-state index contributed by atoms with van der Waals surface area (Å²) < 4.78 is 48.8. The standard InChI is InChI=1S/C30H33ClN2O5.C28H31ClN2O5/c31-24-18-23(7-6-21(24)17-22(34)16-20-4-5-20)38-26-8-9-32-25-19-27(29-30(28(25)26)37-15-14-36-29)35-13-3-12-33-10-1-2-11-33;1-31(2)10-3-11-33-25-17-23-26(28-27(25)34-12-13-35-28)24(8-9-30-23)36-21-7-6-19(22(29)16-21)15-20(32)14-18-4-5-18/h6-9,18-20H,1-5,10-17H2;6-9,16-18H,3-5,10-15H2,1-2H3. The first kappa shape index (κ1) is 51.4. The molecule has 2 aliphatic carbocycles. The summed E-state index contributed by atoms with van der Waals surface area (Å²) in [6, 6.07) is 18.3. The highest BCUT2D eigenvalue weighted by Gasteiger charge is 2.29. The molecule has 0 spiro atoms. The maximum absolute atomic E-state index is 12.3. The van der Waals surface area contributed by atoms with E-state index in [0.29, 0.717) is 161 Å². The number of likely N-dealkylation sites (tertiary alicyclic amines) is 1. The Kier molecular flexibility index (Phi) is 16.7. The molecule has 0 unspecified atom stereocenters. The van der Waals surface area contributed by atoms with Crippen LogP contribution >= 0.6 is 23.2 Å². The van der Waals surface area contributed by atoms with Gasteiger partial charge in [-0.2, -0.15) is 0 Å². The number of ketones is 2. The summed E-state index contributed by atoms with van der Waals surface area (Å²) in [5.41, 5.74) is 3.03. The Morgan fingerprint density at radius 3 is 1.51 bits per heavy atom. The Morgan fingerprint density at radius 2 is 1.07 bits per heavy atom. The smallest absolute Gasteiger partial charge is 0.204 e. The number of hydrogen-bond donors (Lipinski definition) is 0. The molecule has 5 heterocycles. The van der Waals surface area contributed by atoms with Crippen molar-refractivity contribution in [1.29, 1.82) is 0 Å². The van der Waals surface area contributed by atoms with Crippen molar-refractivity contribution in [1.82, 2.24) is 19.8 Å². The first-order valence-corrected chi connectivity index (χ1v) is 26.9. The largest absolute Gasteiger partial charge is 0.489 e. The van der Waals surface area contributed by atoms with Crippen molar-refractivity contribution in [2.45, 2.75) is 77.0 Å². The van der Waals surface area contributed by atoms with Gasteiger partial charge in [-0.05, 0) is 138 Å². The highest BCUT2D eigenvalue weighted by atomic mass is 35.5. The molecule has 6 aromatic rings.